The van der Waals surface area contributed by atoms with E-state index in [1.54, 1.807) is 26.0 Å². The summed E-state index contributed by atoms with van der Waals surface area (Å²) in [5, 5.41) is 8.68. The highest BCUT2D eigenvalue weighted by molar-refractivity contribution is 7.91. The molecule has 122 valence electrons. The molecule has 0 unspecified atom stereocenters. The van der Waals surface area contributed by atoms with Crippen LogP contribution in [0.4, 0.5) is 0 Å². The predicted octanol–water partition coefficient (Wildman–Crippen LogP) is 1.35. The van der Waals surface area contributed by atoms with Crippen LogP contribution in [-0.4, -0.2) is 49.1 Å². The van der Waals surface area contributed by atoms with Crippen molar-refractivity contribution >= 4 is 21.7 Å². The predicted molar refractivity (Wildman–Crippen MR) is 82.4 cm³/mol. The highest BCUT2D eigenvalue weighted by Gasteiger charge is 2.16. The Morgan fingerprint density at radius 2 is 1.91 bits per heavy atom. The largest absolute Gasteiger partial charge is 0.481 e. The number of carboxylic acids is 1. The molecule has 0 bridgehead atoms. The fourth-order valence-electron chi connectivity index (χ4n) is 1.99. The maximum Gasteiger partial charge on any atom is 0.305 e. The van der Waals surface area contributed by atoms with Gasteiger partial charge in [0.2, 0.25) is 5.91 Å². The minimum Gasteiger partial charge on any atom is -0.481 e. The first-order valence-electron chi connectivity index (χ1n) is 7.11. The molecule has 1 aromatic rings. The molecule has 0 aliphatic carbocycles. The minimum absolute atomic E-state index is 0.00406. The Hall–Kier alpha value is -1.89. The summed E-state index contributed by atoms with van der Waals surface area (Å²) < 4.78 is 23.7. The SMILES string of the molecule is CCN(CCC(=O)O)C(=O)Cc1cccc(S(=O)(=O)CC)c1. The van der Waals surface area contributed by atoms with Crippen LogP contribution in [0.15, 0.2) is 29.2 Å². The second-order valence-electron chi connectivity index (χ2n) is 4.84. The average molecular weight is 327 g/mol. The maximum absolute atomic E-state index is 12.2. The number of aliphatic carboxylic acids is 1. The molecule has 0 fully saturated rings. The second-order valence-corrected chi connectivity index (χ2v) is 7.12. The van der Waals surface area contributed by atoms with Gasteiger partial charge in [0, 0.05) is 13.1 Å². The summed E-state index contributed by atoms with van der Waals surface area (Å²) in [6.45, 7) is 3.91. The Morgan fingerprint density at radius 3 is 2.45 bits per heavy atom. The summed E-state index contributed by atoms with van der Waals surface area (Å²) in [6.07, 6.45) is -0.0512. The fraction of sp³-hybridized carbons (Fsp3) is 0.467. The third-order valence-corrected chi connectivity index (χ3v) is 5.06. The second kappa shape index (κ2) is 7.93. The highest BCUT2D eigenvalue weighted by Crippen LogP contribution is 2.14. The molecule has 7 heteroatoms. The van der Waals surface area contributed by atoms with Crippen LogP contribution in [0.25, 0.3) is 0 Å². The zero-order chi connectivity index (χ0) is 16.8. The number of nitrogens with zero attached hydrogens (tertiary/aromatic N) is 1. The summed E-state index contributed by atoms with van der Waals surface area (Å²) >= 11 is 0. The molecule has 1 aromatic carbocycles. The standard InChI is InChI=1S/C15H21NO5S/c1-3-16(9-8-15(18)19)14(17)11-12-6-5-7-13(10-12)22(20,21)4-2/h5-7,10H,3-4,8-9,11H2,1-2H3,(H,18,19). The van der Waals surface area contributed by atoms with Gasteiger partial charge in [0.1, 0.15) is 0 Å². The van der Waals surface area contributed by atoms with Crippen LogP contribution in [0.1, 0.15) is 25.8 Å². The van der Waals surface area contributed by atoms with Crippen molar-refractivity contribution in [1.82, 2.24) is 4.90 Å². The molecule has 0 spiro atoms. The van der Waals surface area contributed by atoms with Gasteiger partial charge in [-0.3, -0.25) is 9.59 Å². The normalized spacial score (nSPS) is 11.2. The number of carbonyl (C=O) groups excluding carboxylic acids is 1. The molecule has 1 amide bonds. The van der Waals surface area contributed by atoms with Gasteiger partial charge in [0.15, 0.2) is 9.84 Å². The first kappa shape index (κ1) is 18.2. The summed E-state index contributed by atoms with van der Waals surface area (Å²) in [4.78, 5) is 24.4. The smallest absolute Gasteiger partial charge is 0.305 e. The lowest BCUT2D eigenvalue weighted by Crippen LogP contribution is -2.34. The van der Waals surface area contributed by atoms with Crippen LogP contribution < -0.4 is 0 Å². The summed E-state index contributed by atoms with van der Waals surface area (Å²) in [6, 6.07) is 6.31. The lowest BCUT2D eigenvalue weighted by atomic mass is 10.1. The van der Waals surface area contributed by atoms with E-state index < -0.39 is 15.8 Å². The molecule has 0 heterocycles. The fourth-order valence-corrected chi connectivity index (χ4v) is 2.94. The minimum atomic E-state index is -3.31. The van der Waals surface area contributed by atoms with Crippen molar-refractivity contribution in [3.05, 3.63) is 29.8 Å². The van der Waals surface area contributed by atoms with E-state index in [1.807, 2.05) is 0 Å². The molecule has 0 saturated carbocycles. The number of hydrogen-bond donors (Lipinski definition) is 1. The molecule has 0 aromatic heterocycles. The first-order chi connectivity index (χ1) is 10.3. The van der Waals surface area contributed by atoms with Gasteiger partial charge in [-0.25, -0.2) is 8.42 Å². The van der Waals surface area contributed by atoms with E-state index in [1.165, 1.54) is 17.0 Å². The van der Waals surface area contributed by atoms with E-state index in [0.29, 0.717) is 12.1 Å². The molecule has 0 atom stereocenters. The quantitative estimate of drug-likeness (QED) is 0.778. The van der Waals surface area contributed by atoms with E-state index in [9.17, 15) is 18.0 Å². The van der Waals surface area contributed by atoms with E-state index >= 15 is 0 Å². The number of benzene rings is 1. The van der Waals surface area contributed by atoms with Gasteiger partial charge in [-0.05, 0) is 24.6 Å². The number of amides is 1. The zero-order valence-corrected chi connectivity index (χ0v) is 13.6. The Kier molecular flexibility index (Phi) is 6.55. The number of rotatable bonds is 8. The van der Waals surface area contributed by atoms with Crippen molar-refractivity contribution in [1.29, 1.82) is 0 Å². The van der Waals surface area contributed by atoms with Crippen molar-refractivity contribution in [2.75, 3.05) is 18.8 Å². The van der Waals surface area contributed by atoms with Crippen LogP contribution in [0.5, 0.6) is 0 Å². The Balaban J connectivity index is 2.83. The number of hydrogen-bond acceptors (Lipinski definition) is 4. The van der Waals surface area contributed by atoms with Crippen LogP contribution in [-0.2, 0) is 25.8 Å². The van der Waals surface area contributed by atoms with Gasteiger partial charge in [-0.1, -0.05) is 19.1 Å². The van der Waals surface area contributed by atoms with E-state index in [-0.39, 0.29) is 35.9 Å². The van der Waals surface area contributed by atoms with E-state index in [0.717, 1.165) is 0 Å². The van der Waals surface area contributed by atoms with Gasteiger partial charge in [0.25, 0.3) is 0 Å². The van der Waals surface area contributed by atoms with E-state index in [4.69, 9.17) is 5.11 Å². The third-order valence-electron chi connectivity index (χ3n) is 3.32. The van der Waals surface area contributed by atoms with Crippen LogP contribution in [0.3, 0.4) is 0 Å². The number of likely N-dealkylation sites (N-methyl/N-ethyl adjacent to an activating group) is 1. The summed E-state index contributed by atoms with van der Waals surface area (Å²) in [7, 11) is -3.31. The topological polar surface area (TPSA) is 91.8 Å². The molecule has 0 aliphatic heterocycles. The Labute approximate surface area is 130 Å². The molecular formula is C15H21NO5S. The number of carbonyl (C=O) groups is 2. The van der Waals surface area contributed by atoms with Crippen LogP contribution in [0.2, 0.25) is 0 Å². The summed E-state index contributed by atoms with van der Waals surface area (Å²) in [5.74, 6) is -1.17. The van der Waals surface area contributed by atoms with Crippen molar-refractivity contribution < 1.29 is 23.1 Å². The zero-order valence-electron chi connectivity index (χ0n) is 12.8. The molecule has 1 N–H and O–H groups in total. The molecule has 22 heavy (non-hydrogen) atoms. The van der Waals surface area contributed by atoms with Gasteiger partial charge in [-0.15, -0.1) is 0 Å². The van der Waals surface area contributed by atoms with Crippen molar-refractivity contribution in [2.24, 2.45) is 0 Å². The molecule has 1 rings (SSSR count). The van der Waals surface area contributed by atoms with Gasteiger partial charge in [-0.2, -0.15) is 0 Å². The van der Waals surface area contributed by atoms with Crippen molar-refractivity contribution in [3.8, 4) is 0 Å². The summed E-state index contributed by atoms with van der Waals surface area (Å²) in [5.41, 5.74) is 0.605. The first-order valence-corrected chi connectivity index (χ1v) is 8.76. The molecule has 0 saturated heterocycles. The average Bonchev–Trinajstić information content (AvgIpc) is 2.47. The Morgan fingerprint density at radius 1 is 1.23 bits per heavy atom. The molecule has 0 radical (unpaired) electrons. The third kappa shape index (κ3) is 5.14. The van der Waals surface area contributed by atoms with Crippen LogP contribution >= 0.6 is 0 Å². The maximum atomic E-state index is 12.2. The van der Waals surface area contributed by atoms with Gasteiger partial charge >= 0.3 is 5.97 Å². The lowest BCUT2D eigenvalue weighted by molar-refractivity contribution is -0.138. The number of carboxylic acid groups (broad SMARTS) is 1. The lowest BCUT2D eigenvalue weighted by Gasteiger charge is -2.20. The number of sulfone groups is 1. The van der Waals surface area contributed by atoms with Crippen LogP contribution in [0, 0.1) is 0 Å². The Bertz CT molecular complexity index is 639. The van der Waals surface area contributed by atoms with E-state index in [2.05, 4.69) is 0 Å². The molecule has 6 nitrogen and oxygen atoms in total. The van der Waals surface area contributed by atoms with Gasteiger partial charge < -0.3 is 10.0 Å². The monoisotopic (exact) mass is 327 g/mol. The molecule has 0 aliphatic rings. The van der Waals surface area contributed by atoms with Crippen molar-refractivity contribution in [3.63, 3.8) is 0 Å². The van der Waals surface area contributed by atoms with Crippen molar-refractivity contribution in [2.45, 2.75) is 31.6 Å². The highest BCUT2D eigenvalue weighted by atomic mass is 32.2. The van der Waals surface area contributed by atoms with Gasteiger partial charge in [0.05, 0.1) is 23.5 Å². The molecular weight excluding hydrogens is 306 g/mol.